The number of rotatable bonds is 10. The second-order valence-electron chi connectivity index (χ2n) is 9.51. The molecule has 3 rings (SSSR count). The van der Waals surface area contributed by atoms with Gasteiger partial charge in [0, 0.05) is 43.3 Å². The lowest BCUT2D eigenvalue weighted by molar-refractivity contribution is -0.384. The van der Waals surface area contributed by atoms with Gasteiger partial charge in [0.25, 0.3) is 5.69 Å². The predicted octanol–water partition coefficient (Wildman–Crippen LogP) is 4.86. The zero-order valence-corrected chi connectivity index (χ0v) is 22.4. The van der Waals surface area contributed by atoms with Crippen LogP contribution < -0.4 is 5.32 Å². The van der Waals surface area contributed by atoms with Gasteiger partial charge in [0.05, 0.1) is 27.9 Å². The van der Waals surface area contributed by atoms with Crippen LogP contribution in [-0.4, -0.2) is 58.2 Å². The van der Waals surface area contributed by atoms with E-state index in [0.717, 1.165) is 5.69 Å². The predicted molar refractivity (Wildman–Crippen MR) is 146 cm³/mol. The number of anilines is 1. The number of carbonyl (C=O) groups excluding carboxylic acids is 2. The maximum absolute atomic E-state index is 13.1. The van der Waals surface area contributed by atoms with Crippen LogP contribution in [0.15, 0.2) is 60.7 Å². The molecule has 3 aromatic rings. The van der Waals surface area contributed by atoms with E-state index < -0.39 is 16.7 Å². The van der Waals surface area contributed by atoms with Crippen molar-refractivity contribution < 1.29 is 19.2 Å². The molecule has 0 saturated carbocycles. The lowest BCUT2D eigenvalue weighted by Gasteiger charge is -2.20. The van der Waals surface area contributed by atoms with E-state index in [9.17, 15) is 19.7 Å². The fraction of sp³-hybridized carbons (Fsp3) is 0.296. The minimum Gasteiger partial charge on any atom is -0.383 e. The van der Waals surface area contributed by atoms with Crippen LogP contribution in [0.5, 0.6) is 0 Å². The quantitative estimate of drug-likeness (QED) is 0.223. The lowest BCUT2D eigenvalue weighted by atomic mass is 9.92. The molecule has 0 unspecified atom stereocenters. The average molecular weight is 540 g/mol. The number of ether oxygens (including phenoxy) is 1. The number of non-ortho nitro benzene ring substituents is 1. The first kappa shape index (κ1) is 28.5. The van der Waals surface area contributed by atoms with E-state index in [2.05, 4.69) is 10.4 Å². The number of hydrogen-bond donors (Lipinski definition) is 1. The summed E-state index contributed by atoms with van der Waals surface area (Å²) >= 11 is 6.40. The number of amides is 2. The van der Waals surface area contributed by atoms with Gasteiger partial charge >= 0.3 is 0 Å². The number of para-hydroxylation sites is 1. The first-order valence-corrected chi connectivity index (χ1v) is 12.2. The Balaban J connectivity index is 1.79. The summed E-state index contributed by atoms with van der Waals surface area (Å²) in [5, 5.41) is 18.8. The van der Waals surface area contributed by atoms with Gasteiger partial charge in [-0.2, -0.15) is 5.10 Å². The van der Waals surface area contributed by atoms with Crippen molar-refractivity contribution >= 4 is 41.0 Å². The number of aromatic nitrogens is 2. The Morgan fingerprint density at radius 2 is 1.87 bits per heavy atom. The van der Waals surface area contributed by atoms with E-state index >= 15 is 0 Å². The Bertz CT molecular complexity index is 1330. The van der Waals surface area contributed by atoms with Gasteiger partial charge in [0.1, 0.15) is 12.4 Å². The van der Waals surface area contributed by atoms with Crippen LogP contribution in [0, 0.1) is 10.1 Å². The smallest absolute Gasteiger partial charge is 0.269 e. The van der Waals surface area contributed by atoms with E-state index in [0.29, 0.717) is 22.1 Å². The normalized spacial score (nSPS) is 11.5. The fourth-order valence-corrected chi connectivity index (χ4v) is 3.66. The highest BCUT2D eigenvalue weighted by Gasteiger charge is 2.23. The van der Waals surface area contributed by atoms with Gasteiger partial charge in [-0.3, -0.25) is 19.7 Å². The van der Waals surface area contributed by atoms with Crippen LogP contribution in [0.25, 0.3) is 11.8 Å². The van der Waals surface area contributed by atoms with E-state index in [-0.39, 0.29) is 30.8 Å². The summed E-state index contributed by atoms with van der Waals surface area (Å²) in [5.41, 5.74) is 1.65. The summed E-state index contributed by atoms with van der Waals surface area (Å²) in [4.78, 5) is 37.7. The molecule has 0 radical (unpaired) electrons. The maximum Gasteiger partial charge on any atom is 0.269 e. The molecular formula is C27H30ClN5O5. The van der Waals surface area contributed by atoms with Crippen molar-refractivity contribution in [3.63, 3.8) is 0 Å². The SMILES string of the molecule is COCCN(CC(=O)Nc1cc(C(C)(C)C)nn1-c1ccccc1Cl)C(=O)C=Cc1ccc([N+](=O)[O-])cc1. The molecule has 0 fully saturated rings. The molecule has 0 aliphatic rings. The van der Waals surface area contributed by atoms with Crippen molar-refractivity contribution in [3.8, 4) is 5.69 Å². The summed E-state index contributed by atoms with van der Waals surface area (Å²) in [5.74, 6) is -0.411. The number of nitro benzene ring substituents is 1. The summed E-state index contributed by atoms with van der Waals surface area (Å²) in [6.45, 7) is 6.23. The summed E-state index contributed by atoms with van der Waals surface area (Å²) in [7, 11) is 1.51. The molecule has 38 heavy (non-hydrogen) atoms. The third-order valence-corrected chi connectivity index (χ3v) is 5.88. The Morgan fingerprint density at radius 3 is 2.47 bits per heavy atom. The maximum atomic E-state index is 13.1. The summed E-state index contributed by atoms with van der Waals surface area (Å²) in [6.07, 6.45) is 2.85. The topological polar surface area (TPSA) is 120 Å². The van der Waals surface area contributed by atoms with E-state index in [4.69, 9.17) is 16.3 Å². The third-order valence-electron chi connectivity index (χ3n) is 5.56. The highest BCUT2D eigenvalue weighted by Crippen LogP contribution is 2.29. The molecule has 1 aromatic heterocycles. The van der Waals surface area contributed by atoms with Crippen molar-refractivity contribution in [2.45, 2.75) is 26.2 Å². The largest absolute Gasteiger partial charge is 0.383 e. The highest BCUT2D eigenvalue weighted by molar-refractivity contribution is 6.32. The van der Waals surface area contributed by atoms with Crippen LogP contribution in [0.3, 0.4) is 0 Å². The molecule has 1 N–H and O–H groups in total. The van der Waals surface area contributed by atoms with Crippen LogP contribution in [0.4, 0.5) is 11.5 Å². The number of nitrogens with one attached hydrogen (secondary N) is 1. The van der Waals surface area contributed by atoms with Crippen LogP contribution in [-0.2, 0) is 19.7 Å². The van der Waals surface area contributed by atoms with Gasteiger partial charge < -0.3 is 15.0 Å². The minimum atomic E-state index is -0.494. The summed E-state index contributed by atoms with van der Waals surface area (Å²) < 4.78 is 6.69. The van der Waals surface area contributed by atoms with Crippen molar-refractivity contribution in [1.82, 2.24) is 14.7 Å². The number of nitrogens with zero attached hydrogens (tertiary/aromatic N) is 4. The average Bonchev–Trinajstić information content (AvgIpc) is 3.29. The molecule has 0 atom stereocenters. The van der Waals surface area contributed by atoms with E-state index in [1.165, 1.54) is 48.4 Å². The van der Waals surface area contributed by atoms with Gasteiger partial charge in [-0.1, -0.05) is 44.5 Å². The Kier molecular flexibility index (Phi) is 9.38. The molecule has 0 bridgehead atoms. The van der Waals surface area contributed by atoms with Gasteiger partial charge in [-0.15, -0.1) is 0 Å². The van der Waals surface area contributed by atoms with Gasteiger partial charge in [-0.25, -0.2) is 4.68 Å². The molecule has 1 heterocycles. The second-order valence-corrected chi connectivity index (χ2v) is 9.92. The molecule has 2 aromatic carbocycles. The zero-order chi connectivity index (χ0) is 27.9. The fourth-order valence-electron chi connectivity index (χ4n) is 3.45. The third kappa shape index (κ3) is 7.50. The molecule has 2 amide bonds. The number of carbonyl (C=O) groups is 2. The number of halogens is 1. The number of benzene rings is 2. The van der Waals surface area contributed by atoms with E-state index in [1.54, 1.807) is 22.9 Å². The van der Waals surface area contributed by atoms with Crippen LogP contribution in [0.2, 0.25) is 5.02 Å². The van der Waals surface area contributed by atoms with Crippen molar-refractivity contribution in [3.05, 3.63) is 87.1 Å². The van der Waals surface area contributed by atoms with E-state index in [1.807, 2.05) is 32.9 Å². The van der Waals surface area contributed by atoms with Crippen molar-refractivity contribution in [2.75, 3.05) is 32.1 Å². The van der Waals surface area contributed by atoms with Crippen LogP contribution >= 0.6 is 11.6 Å². The number of hydrogen-bond acceptors (Lipinski definition) is 6. The van der Waals surface area contributed by atoms with Crippen molar-refractivity contribution in [1.29, 1.82) is 0 Å². The molecule has 0 aliphatic carbocycles. The summed E-state index contributed by atoms with van der Waals surface area (Å²) in [6, 6.07) is 14.8. The van der Waals surface area contributed by atoms with Gasteiger partial charge in [-0.05, 0) is 35.9 Å². The lowest BCUT2D eigenvalue weighted by Crippen LogP contribution is -2.39. The van der Waals surface area contributed by atoms with Gasteiger partial charge in [0.15, 0.2) is 0 Å². The number of nitro groups is 1. The molecule has 0 spiro atoms. The second kappa shape index (κ2) is 12.5. The highest BCUT2D eigenvalue weighted by atomic mass is 35.5. The van der Waals surface area contributed by atoms with Crippen molar-refractivity contribution in [2.24, 2.45) is 0 Å². The first-order valence-electron chi connectivity index (χ1n) is 11.9. The first-order chi connectivity index (χ1) is 18.0. The standard InChI is InChI=1S/C27H30ClN5O5/c1-27(2,3)23-17-24(32(30-23)22-8-6-5-7-21(22)28)29-25(34)18-31(15-16-38-4)26(35)14-11-19-9-12-20(13-10-19)33(36)37/h5-14,17H,15-16,18H2,1-4H3,(H,29,34). The molecule has 0 aliphatic heterocycles. The monoisotopic (exact) mass is 539 g/mol. The Hall–Kier alpha value is -4.02. The molecule has 10 nitrogen and oxygen atoms in total. The molecule has 200 valence electrons. The zero-order valence-electron chi connectivity index (χ0n) is 21.7. The molecular weight excluding hydrogens is 510 g/mol. The molecule has 11 heteroatoms. The minimum absolute atomic E-state index is 0.0440. The van der Waals surface area contributed by atoms with Crippen LogP contribution in [0.1, 0.15) is 32.0 Å². The Labute approximate surface area is 226 Å². The molecule has 0 saturated heterocycles. The van der Waals surface area contributed by atoms with Gasteiger partial charge in [0.2, 0.25) is 11.8 Å². The Morgan fingerprint density at radius 1 is 1.18 bits per heavy atom. The number of methoxy groups -OCH3 is 1.